The first-order valence-electron chi connectivity index (χ1n) is 6.00. The largest absolute Gasteiger partial charge is 0.372 e. The molecule has 0 saturated heterocycles. The molecular weight excluding hydrogens is 204 g/mol. The second-order valence-electron chi connectivity index (χ2n) is 4.92. The van der Waals surface area contributed by atoms with Gasteiger partial charge in [-0.15, -0.1) is 0 Å². The Kier molecular flexibility index (Phi) is 4.74. The molecule has 1 saturated carbocycles. The van der Waals surface area contributed by atoms with E-state index in [9.17, 15) is 4.79 Å². The molecule has 1 rings (SSSR count). The minimum atomic E-state index is -0.361. The number of methoxy groups -OCH3 is 1. The van der Waals surface area contributed by atoms with E-state index in [1.54, 1.807) is 14.0 Å². The molecule has 0 radical (unpaired) electrons. The van der Waals surface area contributed by atoms with Crippen LogP contribution >= 0.6 is 0 Å². The van der Waals surface area contributed by atoms with Gasteiger partial charge in [0.25, 0.3) is 0 Å². The van der Waals surface area contributed by atoms with E-state index in [-0.39, 0.29) is 17.6 Å². The average Bonchev–Trinajstić information content (AvgIpc) is 2.74. The van der Waals surface area contributed by atoms with Gasteiger partial charge in [0.1, 0.15) is 6.10 Å². The summed E-state index contributed by atoms with van der Waals surface area (Å²) in [7, 11) is 5.75. The van der Waals surface area contributed by atoms with E-state index in [0.29, 0.717) is 0 Å². The molecule has 1 unspecified atom stereocenters. The Bertz CT molecular complexity index is 235. The van der Waals surface area contributed by atoms with Crippen LogP contribution in [0.3, 0.4) is 0 Å². The van der Waals surface area contributed by atoms with Gasteiger partial charge in [-0.3, -0.25) is 4.79 Å². The van der Waals surface area contributed by atoms with Crippen molar-refractivity contribution in [3.63, 3.8) is 0 Å². The first-order chi connectivity index (χ1) is 7.52. The molecule has 0 heterocycles. The SMILES string of the molecule is COC(C)C(=O)NCC1(N(C)C)CCCC1. The highest BCUT2D eigenvalue weighted by Gasteiger charge is 2.36. The Morgan fingerprint density at radius 2 is 2.00 bits per heavy atom. The zero-order valence-corrected chi connectivity index (χ0v) is 10.9. The molecule has 94 valence electrons. The van der Waals surface area contributed by atoms with Crippen LogP contribution in [0.25, 0.3) is 0 Å². The molecule has 1 N–H and O–H groups in total. The van der Waals surface area contributed by atoms with E-state index in [4.69, 9.17) is 4.74 Å². The van der Waals surface area contributed by atoms with E-state index in [0.717, 1.165) is 6.54 Å². The number of nitrogens with one attached hydrogen (secondary N) is 1. The molecular formula is C12H24N2O2. The lowest BCUT2D eigenvalue weighted by molar-refractivity contribution is -0.130. The lowest BCUT2D eigenvalue weighted by Crippen LogP contribution is -2.52. The molecule has 1 aliphatic carbocycles. The van der Waals surface area contributed by atoms with Gasteiger partial charge in [-0.1, -0.05) is 12.8 Å². The number of hydrogen-bond acceptors (Lipinski definition) is 3. The Hall–Kier alpha value is -0.610. The molecule has 0 aliphatic heterocycles. The van der Waals surface area contributed by atoms with E-state index >= 15 is 0 Å². The van der Waals surface area contributed by atoms with Crippen LogP contribution < -0.4 is 5.32 Å². The normalized spacial score (nSPS) is 21.1. The van der Waals surface area contributed by atoms with E-state index in [1.165, 1.54) is 25.7 Å². The van der Waals surface area contributed by atoms with Crippen LogP contribution in [0.15, 0.2) is 0 Å². The molecule has 4 nitrogen and oxygen atoms in total. The van der Waals surface area contributed by atoms with Crippen LogP contribution in [0.5, 0.6) is 0 Å². The monoisotopic (exact) mass is 228 g/mol. The maximum absolute atomic E-state index is 11.6. The first-order valence-corrected chi connectivity index (χ1v) is 6.00. The van der Waals surface area contributed by atoms with Crippen LogP contribution in [0.4, 0.5) is 0 Å². The highest BCUT2D eigenvalue weighted by molar-refractivity contribution is 5.80. The van der Waals surface area contributed by atoms with Crippen LogP contribution in [0.1, 0.15) is 32.6 Å². The fourth-order valence-electron chi connectivity index (χ4n) is 2.32. The van der Waals surface area contributed by atoms with Crippen molar-refractivity contribution < 1.29 is 9.53 Å². The summed E-state index contributed by atoms with van der Waals surface area (Å²) in [4.78, 5) is 13.9. The number of carbonyl (C=O) groups is 1. The van der Waals surface area contributed by atoms with Gasteiger partial charge < -0.3 is 15.0 Å². The lowest BCUT2D eigenvalue weighted by atomic mass is 9.96. The van der Waals surface area contributed by atoms with Crippen LogP contribution in [0.2, 0.25) is 0 Å². The number of hydrogen-bond donors (Lipinski definition) is 1. The maximum atomic E-state index is 11.6. The quantitative estimate of drug-likeness (QED) is 0.763. The predicted molar refractivity (Wildman–Crippen MR) is 64.4 cm³/mol. The van der Waals surface area contributed by atoms with Gasteiger partial charge in [0.2, 0.25) is 5.91 Å². The van der Waals surface area contributed by atoms with Gasteiger partial charge in [-0.25, -0.2) is 0 Å². The molecule has 16 heavy (non-hydrogen) atoms. The van der Waals surface area contributed by atoms with Crippen molar-refractivity contribution >= 4 is 5.91 Å². The number of carbonyl (C=O) groups excluding carboxylic acids is 1. The van der Waals surface area contributed by atoms with Gasteiger partial charge in [0.05, 0.1) is 0 Å². The average molecular weight is 228 g/mol. The summed E-state index contributed by atoms with van der Waals surface area (Å²) in [5, 5.41) is 2.99. The summed E-state index contributed by atoms with van der Waals surface area (Å²) in [6, 6.07) is 0. The van der Waals surface area contributed by atoms with Gasteiger partial charge in [-0.05, 0) is 33.9 Å². The summed E-state index contributed by atoms with van der Waals surface area (Å²) in [6.45, 7) is 2.50. The Balaban J connectivity index is 2.48. The fraction of sp³-hybridized carbons (Fsp3) is 0.917. The third-order valence-electron chi connectivity index (χ3n) is 3.80. The zero-order chi connectivity index (χ0) is 12.2. The van der Waals surface area contributed by atoms with Gasteiger partial charge in [-0.2, -0.15) is 0 Å². The Morgan fingerprint density at radius 3 is 2.44 bits per heavy atom. The summed E-state index contributed by atoms with van der Waals surface area (Å²) in [5.41, 5.74) is 0.156. The van der Waals surface area contributed by atoms with Crippen LogP contribution in [-0.4, -0.2) is 50.2 Å². The topological polar surface area (TPSA) is 41.6 Å². The Morgan fingerprint density at radius 1 is 1.44 bits per heavy atom. The van der Waals surface area contributed by atoms with Crippen molar-refractivity contribution in [2.24, 2.45) is 0 Å². The summed E-state index contributed by atoms with van der Waals surface area (Å²) < 4.78 is 4.99. The minimum Gasteiger partial charge on any atom is -0.372 e. The second kappa shape index (κ2) is 5.64. The summed E-state index contributed by atoms with van der Waals surface area (Å²) >= 11 is 0. The third-order valence-corrected chi connectivity index (χ3v) is 3.80. The highest BCUT2D eigenvalue weighted by atomic mass is 16.5. The van der Waals surface area contributed by atoms with Gasteiger partial charge >= 0.3 is 0 Å². The van der Waals surface area contributed by atoms with E-state index < -0.39 is 0 Å². The van der Waals surface area contributed by atoms with Crippen LogP contribution in [0, 0.1) is 0 Å². The summed E-state index contributed by atoms with van der Waals surface area (Å²) in [5.74, 6) is -0.0179. The Labute approximate surface area is 98.3 Å². The number of ether oxygens (including phenoxy) is 1. The van der Waals surface area contributed by atoms with Crippen molar-refractivity contribution in [2.45, 2.75) is 44.2 Å². The van der Waals surface area contributed by atoms with Crippen molar-refractivity contribution in [1.82, 2.24) is 10.2 Å². The minimum absolute atomic E-state index is 0.0179. The molecule has 0 aromatic heterocycles. The first kappa shape index (κ1) is 13.5. The molecule has 1 amide bonds. The standard InChI is InChI=1S/C12H24N2O2/c1-10(16-4)11(15)13-9-12(14(2)3)7-5-6-8-12/h10H,5-9H2,1-4H3,(H,13,15). The molecule has 4 heteroatoms. The predicted octanol–water partition coefficient (Wildman–Crippen LogP) is 1.01. The van der Waals surface area contributed by atoms with E-state index in [2.05, 4.69) is 24.3 Å². The van der Waals surface area contributed by atoms with Crippen molar-refractivity contribution in [3.8, 4) is 0 Å². The molecule has 1 atom stereocenters. The molecule has 1 fully saturated rings. The zero-order valence-electron chi connectivity index (χ0n) is 10.9. The number of likely N-dealkylation sites (N-methyl/N-ethyl adjacent to an activating group) is 1. The fourth-order valence-corrected chi connectivity index (χ4v) is 2.32. The smallest absolute Gasteiger partial charge is 0.248 e. The second-order valence-corrected chi connectivity index (χ2v) is 4.92. The highest BCUT2D eigenvalue weighted by Crippen LogP contribution is 2.33. The maximum Gasteiger partial charge on any atom is 0.248 e. The van der Waals surface area contributed by atoms with Gasteiger partial charge in [0.15, 0.2) is 0 Å². The molecule has 0 aromatic rings. The van der Waals surface area contributed by atoms with Crippen LogP contribution in [-0.2, 0) is 9.53 Å². The number of rotatable bonds is 5. The van der Waals surface area contributed by atoms with Crippen molar-refractivity contribution in [3.05, 3.63) is 0 Å². The molecule has 0 bridgehead atoms. The molecule has 0 spiro atoms. The lowest BCUT2D eigenvalue weighted by Gasteiger charge is -2.36. The summed E-state index contributed by atoms with van der Waals surface area (Å²) in [6.07, 6.45) is 4.49. The van der Waals surface area contributed by atoms with E-state index in [1.807, 2.05) is 0 Å². The molecule has 0 aromatic carbocycles. The third kappa shape index (κ3) is 2.95. The van der Waals surface area contributed by atoms with Crippen molar-refractivity contribution in [2.75, 3.05) is 27.7 Å². The number of nitrogens with zero attached hydrogens (tertiary/aromatic N) is 1. The molecule has 1 aliphatic rings. The van der Waals surface area contributed by atoms with Crippen molar-refractivity contribution in [1.29, 1.82) is 0 Å². The number of amides is 1. The van der Waals surface area contributed by atoms with Gasteiger partial charge in [0, 0.05) is 19.2 Å².